The summed E-state index contributed by atoms with van der Waals surface area (Å²) >= 11 is 4.85. The lowest BCUT2D eigenvalue weighted by Gasteiger charge is -2.03. The van der Waals surface area contributed by atoms with Crippen LogP contribution in [-0.2, 0) is 6.54 Å². The molecular formula is C11H8BrFN2OS. The summed E-state index contributed by atoms with van der Waals surface area (Å²) in [6, 6.07) is 3.27. The molecule has 2 aromatic heterocycles. The molecule has 1 amide bonds. The Bertz CT molecular complexity index is 544. The number of rotatable bonds is 3. The highest BCUT2D eigenvalue weighted by Crippen LogP contribution is 2.19. The Labute approximate surface area is 110 Å². The van der Waals surface area contributed by atoms with Gasteiger partial charge in [0, 0.05) is 20.9 Å². The summed E-state index contributed by atoms with van der Waals surface area (Å²) in [6.07, 6.45) is 2.41. The fraction of sp³-hybridized carbons (Fsp3) is 0.0909. The molecule has 0 aliphatic rings. The predicted octanol–water partition coefficient (Wildman–Crippen LogP) is 2.97. The van der Waals surface area contributed by atoms with Crippen LogP contribution >= 0.6 is 27.3 Å². The van der Waals surface area contributed by atoms with Crippen molar-refractivity contribution in [2.45, 2.75) is 6.54 Å². The highest BCUT2D eigenvalue weighted by atomic mass is 79.9. The summed E-state index contributed by atoms with van der Waals surface area (Å²) in [6.45, 7) is 0.386. The fourth-order valence-electron chi connectivity index (χ4n) is 1.27. The van der Waals surface area contributed by atoms with Crippen molar-refractivity contribution in [1.82, 2.24) is 10.3 Å². The number of nitrogens with one attached hydrogen (secondary N) is 1. The average Bonchev–Trinajstić information content (AvgIpc) is 2.73. The van der Waals surface area contributed by atoms with Gasteiger partial charge in [-0.25, -0.2) is 4.39 Å². The normalized spacial score (nSPS) is 10.2. The molecule has 17 heavy (non-hydrogen) atoms. The van der Waals surface area contributed by atoms with Gasteiger partial charge in [0.25, 0.3) is 5.91 Å². The molecule has 0 aliphatic carbocycles. The standard InChI is InChI=1S/C11H8BrFN2OS/c12-7-3-8(17-6-7)4-15-11(16)9-1-2-14-5-10(9)13/h1-3,5-6H,4H2,(H,15,16). The first-order chi connectivity index (χ1) is 8.16. The van der Waals surface area contributed by atoms with Crippen LogP contribution in [0.1, 0.15) is 15.2 Å². The second-order valence-corrected chi connectivity index (χ2v) is 5.18. The van der Waals surface area contributed by atoms with Crippen LogP contribution in [0.25, 0.3) is 0 Å². The predicted molar refractivity (Wildman–Crippen MR) is 67.4 cm³/mol. The molecule has 3 nitrogen and oxygen atoms in total. The summed E-state index contributed by atoms with van der Waals surface area (Å²) in [5.74, 6) is -1.05. The lowest BCUT2D eigenvalue weighted by atomic mass is 10.2. The lowest BCUT2D eigenvalue weighted by Crippen LogP contribution is -2.23. The molecule has 0 spiro atoms. The summed E-state index contributed by atoms with van der Waals surface area (Å²) in [4.78, 5) is 16.2. The van der Waals surface area contributed by atoms with Gasteiger partial charge in [-0.05, 0) is 28.1 Å². The molecule has 1 N–H and O–H groups in total. The first kappa shape index (κ1) is 12.2. The van der Waals surface area contributed by atoms with Gasteiger partial charge in [-0.3, -0.25) is 9.78 Å². The van der Waals surface area contributed by atoms with Crippen LogP contribution in [-0.4, -0.2) is 10.9 Å². The van der Waals surface area contributed by atoms with Crippen LogP contribution in [0.4, 0.5) is 4.39 Å². The third-order valence-corrected chi connectivity index (χ3v) is 3.76. The lowest BCUT2D eigenvalue weighted by molar-refractivity contribution is 0.0947. The zero-order valence-corrected chi connectivity index (χ0v) is 11.0. The molecule has 0 radical (unpaired) electrons. The van der Waals surface area contributed by atoms with Crippen molar-refractivity contribution in [3.63, 3.8) is 0 Å². The number of thiophene rings is 1. The van der Waals surface area contributed by atoms with E-state index in [1.54, 1.807) is 0 Å². The van der Waals surface area contributed by atoms with Gasteiger partial charge in [0.05, 0.1) is 18.3 Å². The number of aromatic nitrogens is 1. The van der Waals surface area contributed by atoms with E-state index < -0.39 is 11.7 Å². The summed E-state index contributed by atoms with van der Waals surface area (Å²) in [5.41, 5.74) is 0.00984. The second-order valence-electron chi connectivity index (χ2n) is 3.27. The maximum atomic E-state index is 13.2. The highest BCUT2D eigenvalue weighted by molar-refractivity contribution is 9.10. The van der Waals surface area contributed by atoms with Crippen LogP contribution < -0.4 is 5.32 Å². The molecule has 0 aliphatic heterocycles. The van der Waals surface area contributed by atoms with Crippen LogP contribution in [0, 0.1) is 5.82 Å². The third-order valence-electron chi connectivity index (χ3n) is 2.06. The molecular weight excluding hydrogens is 307 g/mol. The molecule has 88 valence electrons. The minimum atomic E-state index is -0.614. The minimum Gasteiger partial charge on any atom is -0.347 e. The fourth-order valence-corrected chi connectivity index (χ4v) is 2.66. The van der Waals surface area contributed by atoms with E-state index in [2.05, 4.69) is 26.2 Å². The quantitative estimate of drug-likeness (QED) is 0.946. The van der Waals surface area contributed by atoms with Crippen LogP contribution in [0.5, 0.6) is 0 Å². The minimum absolute atomic E-state index is 0.00984. The van der Waals surface area contributed by atoms with E-state index in [4.69, 9.17) is 0 Å². The topological polar surface area (TPSA) is 42.0 Å². The number of pyridine rings is 1. The van der Waals surface area contributed by atoms with Crippen molar-refractivity contribution in [1.29, 1.82) is 0 Å². The summed E-state index contributed by atoms with van der Waals surface area (Å²) < 4.78 is 14.2. The molecule has 2 aromatic rings. The van der Waals surface area contributed by atoms with E-state index in [0.29, 0.717) is 6.54 Å². The van der Waals surface area contributed by atoms with Crippen molar-refractivity contribution in [2.75, 3.05) is 0 Å². The Morgan fingerprint density at radius 3 is 3.06 bits per heavy atom. The maximum Gasteiger partial charge on any atom is 0.254 e. The zero-order valence-electron chi connectivity index (χ0n) is 8.61. The van der Waals surface area contributed by atoms with Gasteiger partial charge in [0.1, 0.15) is 0 Å². The van der Waals surface area contributed by atoms with E-state index in [0.717, 1.165) is 15.5 Å². The largest absolute Gasteiger partial charge is 0.347 e. The Morgan fingerprint density at radius 1 is 1.59 bits per heavy atom. The molecule has 0 atom stereocenters. The van der Waals surface area contributed by atoms with E-state index in [-0.39, 0.29) is 5.56 Å². The van der Waals surface area contributed by atoms with Crippen molar-refractivity contribution in [2.24, 2.45) is 0 Å². The first-order valence-electron chi connectivity index (χ1n) is 4.77. The molecule has 2 heterocycles. The van der Waals surface area contributed by atoms with Gasteiger partial charge in [-0.15, -0.1) is 11.3 Å². The van der Waals surface area contributed by atoms with Crippen molar-refractivity contribution < 1.29 is 9.18 Å². The smallest absolute Gasteiger partial charge is 0.254 e. The van der Waals surface area contributed by atoms with E-state index in [1.807, 2.05) is 11.4 Å². The Morgan fingerprint density at radius 2 is 2.41 bits per heavy atom. The van der Waals surface area contributed by atoms with Crippen LogP contribution in [0.15, 0.2) is 34.4 Å². The Balaban J connectivity index is 2.01. The number of nitrogens with zero attached hydrogens (tertiary/aromatic N) is 1. The van der Waals surface area contributed by atoms with Gasteiger partial charge in [0.2, 0.25) is 0 Å². The number of amides is 1. The molecule has 0 saturated carbocycles. The van der Waals surface area contributed by atoms with Crippen molar-refractivity contribution in [3.05, 3.63) is 50.6 Å². The molecule has 0 aromatic carbocycles. The van der Waals surface area contributed by atoms with E-state index in [9.17, 15) is 9.18 Å². The summed E-state index contributed by atoms with van der Waals surface area (Å²) in [7, 11) is 0. The van der Waals surface area contributed by atoms with Gasteiger partial charge < -0.3 is 5.32 Å². The number of halogens is 2. The zero-order chi connectivity index (χ0) is 12.3. The SMILES string of the molecule is O=C(NCc1cc(Br)cs1)c1ccncc1F. The molecule has 0 unspecified atom stereocenters. The third kappa shape index (κ3) is 3.10. The van der Waals surface area contributed by atoms with E-state index >= 15 is 0 Å². The van der Waals surface area contributed by atoms with Crippen molar-refractivity contribution in [3.8, 4) is 0 Å². The number of carbonyl (C=O) groups excluding carboxylic acids is 1. The van der Waals surface area contributed by atoms with Gasteiger partial charge in [-0.2, -0.15) is 0 Å². The molecule has 6 heteroatoms. The number of hydrogen-bond donors (Lipinski definition) is 1. The molecule has 0 fully saturated rings. The van der Waals surface area contributed by atoms with E-state index in [1.165, 1.54) is 23.6 Å². The average molecular weight is 315 g/mol. The monoisotopic (exact) mass is 314 g/mol. The molecule has 0 saturated heterocycles. The first-order valence-corrected chi connectivity index (χ1v) is 6.44. The van der Waals surface area contributed by atoms with Crippen LogP contribution in [0.2, 0.25) is 0 Å². The van der Waals surface area contributed by atoms with Crippen molar-refractivity contribution >= 4 is 33.2 Å². The summed E-state index contributed by atoms with van der Waals surface area (Å²) in [5, 5.41) is 4.58. The molecule has 0 bridgehead atoms. The van der Waals surface area contributed by atoms with Gasteiger partial charge in [0.15, 0.2) is 5.82 Å². The number of hydrogen-bond acceptors (Lipinski definition) is 3. The second kappa shape index (κ2) is 5.37. The van der Waals surface area contributed by atoms with Crippen LogP contribution in [0.3, 0.4) is 0 Å². The van der Waals surface area contributed by atoms with Gasteiger partial charge in [-0.1, -0.05) is 0 Å². The Kier molecular flexibility index (Phi) is 3.86. The number of carbonyl (C=O) groups is 1. The Hall–Kier alpha value is -1.27. The molecule has 2 rings (SSSR count). The highest BCUT2D eigenvalue weighted by Gasteiger charge is 2.10. The maximum absolute atomic E-state index is 13.2. The van der Waals surface area contributed by atoms with Gasteiger partial charge >= 0.3 is 0 Å².